The van der Waals surface area contributed by atoms with Gasteiger partial charge in [0.05, 0.1) is 11.1 Å². The molecule has 0 aliphatic rings. The Bertz CT molecular complexity index is 1090. The van der Waals surface area contributed by atoms with Gasteiger partial charge in [0, 0.05) is 18.7 Å². The van der Waals surface area contributed by atoms with Gasteiger partial charge in [0.25, 0.3) is 5.91 Å². The number of aromatic hydroxyl groups is 2. The quantitative estimate of drug-likeness (QED) is 0.404. The largest absolute Gasteiger partial charge is 0.508 e. The average Bonchev–Trinajstić information content (AvgIpc) is 3.17. The van der Waals surface area contributed by atoms with E-state index in [0.717, 1.165) is 24.2 Å². The second-order valence-electron chi connectivity index (χ2n) is 8.42. The number of phenolic OH excluding ortho intramolecular Hbond substituents is 2. The normalized spacial score (nSPS) is 11.3. The van der Waals surface area contributed by atoms with Crippen molar-refractivity contribution in [2.75, 3.05) is 6.54 Å². The lowest BCUT2D eigenvalue weighted by Crippen LogP contribution is -2.30. The van der Waals surface area contributed by atoms with Gasteiger partial charge >= 0.3 is 0 Å². The first-order valence-corrected chi connectivity index (χ1v) is 10.9. The predicted molar refractivity (Wildman–Crippen MR) is 125 cm³/mol. The van der Waals surface area contributed by atoms with E-state index in [1.54, 1.807) is 6.07 Å². The number of carbonyl (C=O) groups is 1. The number of benzene rings is 2. The van der Waals surface area contributed by atoms with E-state index in [1.807, 2.05) is 58.9 Å². The standard InChI is InChI=1S/C25H31N3O4/c1-6-26-13-16-7-9-17(10-8-16)22-23(25(31)27-15(4)5)28-32-24(22)19-11-18(14(2)3)20(29)12-21(19)30/h7-12,14-15,26,29-30H,6,13H2,1-5H3,(H,27,31). The Balaban J connectivity index is 2.17. The van der Waals surface area contributed by atoms with Crippen molar-refractivity contribution in [2.45, 2.75) is 53.1 Å². The zero-order chi connectivity index (χ0) is 23.4. The van der Waals surface area contributed by atoms with Crippen LogP contribution in [0.2, 0.25) is 0 Å². The molecule has 0 radical (unpaired) electrons. The summed E-state index contributed by atoms with van der Waals surface area (Å²) in [5.41, 5.74) is 3.52. The van der Waals surface area contributed by atoms with Gasteiger partial charge in [-0.15, -0.1) is 0 Å². The lowest BCUT2D eigenvalue weighted by molar-refractivity contribution is 0.0934. The highest BCUT2D eigenvalue weighted by Gasteiger charge is 2.27. The summed E-state index contributed by atoms with van der Waals surface area (Å²) >= 11 is 0. The summed E-state index contributed by atoms with van der Waals surface area (Å²) in [5.74, 6) is -0.201. The molecular formula is C25H31N3O4. The van der Waals surface area contributed by atoms with E-state index in [4.69, 9.17) is 4.52 Å². The van der Waals surface area contributed by atoms with Crippen LogP contribution in [-0.2, 0) is 6.54 Å². The van der Waals surface area contributed by atoms with Crippen LogP contribution in [0.1, 0.15) is 62.2 Å². The molecule has 1 aromatic heterocycles. The van der Waals surface area contributed by atoms with Gasteiger partial charge in [-0.2, -0.15) is 0 Å². The molecule has 1 amide bonds. The van der Waals surface area contributed by atoms with Gasteiger partial charge in [-0.25, -0.2) is 0 Å². The first kappa shape index (κ1) is 23.3. The highest BCUT2D eigenvalue weighted by molar-refractivity contribution is 6.02. The third kappa shape index (κ3) is 4.94. The molecule has 0 aliphatic carbocycles. The van der Waals surface area contributed by atoms with E-state index in [1.165, 1.54) is 6.07 Å². The van der Waals surface area contributed by atoms with Crippen LogP contribution < -0.4 is 10.6 Å². The molecule has 0 aliphatic heterocycles. The van der Waals surface area contributed by atoms with Crippen molar-refractivity contribution >= 4 is 5.91 Å². The number of rotatable bonds is 8. The minimum atomic E-state index is -0.357. The van der Waals surface area contributed by atoms with Crippen LogP contribution in [0.15, 0.2) is 40.9 Å². The summed E-state index contributed by atoms with van der Waals surface area (Å²) in [4.78, 5) is 12.9. The van der Waals surface area contributed by atoms with Gasteiger partial charge in [0.2, 0.25) is 0 Å². The van der Waals surface area contributed by atoms with Crippen LogP contribution in [0.25, 0.3) is 22.5 Å². The Kier molecular flexibility index (Phi) is 7.20. The fourth-order valence-corrected chi connectivity index (χ4v) is 3.52. The molecule has 4 N–H and O–H groups in total. The minimum Gasteiger partial charge on any atom is -0.508 e. The fourth-order valence-electron chi connectivity index (χ4n) is 3.52. The molecule has 7 nitrogen and oxygen atoms in total. The van der Waals surface area contributed by atoms with Crippen LogP contribution in [0.4, 0.5) is 0 Å². The number of carbonyl (C=O) groups excluding carboxylic acids is 1. The van der Waals surface area contributed by atoms with E-state index in [-0.39, 0.29) is 40.8 Å². The molecule has 32 heavy (non-hydrogen) atoms. The van der Waals surface area contributed by atoms with Crippen LogP contribution in [0.3, 0.4) is 0 Å². The number of phenols is 2. The van der Waals surface area contributed by atoms with E-state index in [0.29, 0.717) is 16.7 Å². The van der Waals surface area contributed by atoms with Crippen molar-refractivity contribution in [1.82, 2.24) is 15.8 Å². The van der Waals surface area contributed by atoms with Gasteiger partial charge in [-0.05, 0) is 49.1 Å². The van der Waals surface area contributed by atoms with Crippen molar-refractivity contribution in [3.63, 3.8) is 0 Å². The molecular weight excluding hydrogens is 406 g/mol. The molecule has 7 heteroatoms. The third-order valence-electron chi connectivity index (χ3n) is 5.16. The summed E-state index contributed by atoms with van der Waals surface area (Å²) in [6, 6.07) is 10.7. The Morgan fingerprint density at radius 2 is 1.75 bits per heavy atom. The first-order chi connectivity index (χ1) is 15.2. The van der Waals surface area contributed by atoms with Crippen molar-refractivity contribution in [2.24, 2.45) is 0 Å². The van der Waals surface area contributed by atoms with Gasteiger partial charge in [0.15, 0.2) is 11.5 Å². The summed E-state index contributed by atoms with van der Waals surface area (Å²) in [6.45, 7) is 11.3. The SMILES string of the molecule is CCNCc1ccc(-c2c(C(=O)NC(C)C)noc2-c2cc(C(C)C)c(O)cc2O)cc1. The molecule has 0 unspecified atom stereocenters. The summed E-state index contributed by atoms with van der Waals surface area (Å²) in [5, 5.41) is 31.0. The van der Waals surface area contributed by atoms with E-state index in [9.17, 15) is 15.0 Å². The highest BCUT2D eigenvalue weighted by atomic mass is 16.5. The fraction of sp³-hybridized carbons (Fsp3) is 0.360. The Morgan fingerprint density at radius 3 is 2.34 bits per heavy atom. The van der Waals surface area contributed by atoms with Gasteiger partial charge in [-0.1, -0.05) is 50.2 Å². The van der Waals surface area contributed by atoms with Gasteiger partial charge in [0.1, 0.15) is 11.5 Å². The van der Waals surface area contributed by atoms with Crippen LogP contribution in [-0.4, -0.2) is 33.9 Å². The molecule has 0 saturated carbocycles. The monoisotopic (exact) mass is 437 g/mol. The van der Waals surface area contributed by atoms with Crippen molar-refractivity contribution in [3.8, 4) is 33.9 Å². The predicted octanol–water partition coefficient (Wildman–Crippen LogP) is 4.79. The average molecular weight is 438 g/mol. The van der Waals surface area contributed by atoms with Crippen LogP contribution in [0.5, 0.6) is 11.5 Å². The number of amides is 1. The maximum absolute atomic E-state index is 12.9. The molecule has 0 spiro atoms. The molecule has 3 aromatic rings. The van der Waals surface area contributed by atoms with Crippen molar-refractivity contribution in [3.05, 3.63) is 53.2 Å². The molecule has 3 rings (SSSR count). The van der Waals surface area contributed by atoms with E-state index in [2.05, 4.69) is 15.8 Å². The summed E-state index contributed by atoms with van der Waals surface area (Å²) in [7, 11) is 0. The van der Waals surface area contributed by atoms with E-state index >= 15 is 0 Å². The maximum Gasteiger partial charge on any atom is 0.274 e. The van der Waals surface area contributed by atoms with Crippen LogP contribution >= 0.6 is 0 Å². The number of nitrogens with zero attached hydrogens (tertiary/aromatic N) is 1. The highest BCUT2D eigenvalue weighted by Crippen LogP contribution is 2.43. The lowest BCUT2D eigenvalue weighted by Gasteiger charge is -2.13. The molecule has 170 valence electrons. The Morgan fingerprint density at radius 1 is 1.06 bits per heavy atom. The number of hydrogen-bond acceptors (Lipinski definition) is 6. The molecule has 0 saturated heterocycles. The van der Waals surface area contributed by atoms with E-state index < -0.39 is 0 Å². The molecule has 0 atom stereocenters. The topological polar surface area (TPSA) is 108 Å². The number of hydrogen-bond donors (Lipinski definition) is 4. The molecule has 1 heterocycles. The number of nitrogens with one attached hydrogen (secondary N) is 2. The van der Waals surface area contributed by atoms with Crippen molar-refractivity contribution in [1.29, 1.82) is 0 Å². The minimum absolute atomic E-state index is 0.00728. The van der Waals surface area contributed by atoms with Gasteiger partial charge in [-0.3, -0.25) is 4.79 Å². The smallest absolute Gasteiger partial charge is 0.274 e. The summed E-state index contributed by atoms with van der Waals surface area (Å²) < 4.78 is 5.62. The lowest BCUT2D eigenvalue weighted by atomic mass is 9.94. The number of aromatic nitrogens is 1. The van der Waals surface area contributed by atoms with Crippen LogP contribution in [0, 0.1) is 0 Å². The Labute approximate surface area is 188 Å². The first-order valence-electron chi connectivity index (χ1n) is 10.9. The van der Waals surface area contributed by atoms with Gasteiger partial charge < -0.3 is 25.4 Å². The Hall–Kier alpha value is -3.32. The maximum atomic E-state index is 12.9. The second kappa shape index (κ2) is 9.87. The zero-order valence-corrected chi connectivity index (χ0v) is 19.2. The molecule has 2 aromatic carbocycles. The third-order valence-corrected chi connectivity index (χ3v) is 5.16. The molecule has 0 fully saturated rings. The second-order valence-corrected chi connectivity index (χ2v) is 8.42. The van der Waals surface area contributed by atoms with Crippen molar-refractivity contribution < 1.29 is 19.5 Å². The zero-order valence-electron chi connectivity index (χ0n) is 19.2. The molecule has 0 bridgehead atoms. The summed E-state index contributed by atoms with van der Waals surface area (Å²) in [6.07, 6.45) is 0.